The summed E-state index contributed by atoms with van der Waals surface area (Å²) in [4.78, 5) is 3.66. The van der Waals surface area contributed by atoms with Crippen LogP contribution in [-0.2, 0) is 6.18 Å². The summed E-state index contributed by atoms with van der Waals surface area (Å²) >= 11 is 0. The number of aromatic nitrogens is 1. The third-order valence-electron chi connectivity index (χ3n) is 1.96. The number of alkyl halides is 3. The van der Waals surface area contributed by atoms with E-state index in [4.69, 9.17) is 5.73 Å². The first-order valence-corrected chi connectivity index (χ1v) is 4.26. The van der Waals surface area contributed by atoms with Crippen LogP contribution in [0.25, 0.3) is 0 Å². The van der Waals surface area contributed by atoms with Crippen LogP contribution in [0.15, 0.2) is 30.5 Å². The fraction of sp³-hybridized carbons (Fsp3) is 0.300. The quantitative estimate of drug-likeness (QED) is 0.772. The number of hydrogen-bond acceptors (Lipinski definition) is 2. The van der Waals surface area contributed by atoms with Crippen LogP contribution in [0.1, 0.15) is 24.2 Å². The molecule has 1 heterocycles. The summed E-state index contributed by atoms with van der Waals surface area (Å²) in [6.07, 6.45) is -3.59. The molecular formula is C10H11F3N2. The van der Waals surface area contributed by atoms with Crippen molar-refractivity contribution in [3.63, 3.8) is 0 Å². The van der Waals surface area contributed by atoms with Gasteiger partial charge < -0.3 is 5.73 Å². The maximum Gasteiger partial charge on any atom is 0.417 e. The Morgan fingerprint density at radius 3 is 2.40 bits per heavy atom. The van der Waals surface area contributed by atoms with Crippen molar-refractivity contribution in [2.45, 2.75) is 19.1 Å². The largest absolute Gasteiger partial charge is 0.417 e. The molecule has 0 amide bonds. The van der Waals surface area contributed by atoms with Crippen LogP contribution in [0.4, 0.5) is 13.2 Å². The summed E-state index contributed by atoms with van der Waals surface area (Å²) in [7, 11) is 0. The summed E-state index contributed by atoms with van der Waals surface area (Å²) in [6, 6.07) is 1.71. The zero-order chi connectivity index (χ0) is 11.6. The highest BCUT2D eigenvalue weighted by atomic mass is 19.4. The van der Waals surface area contributed by atoms with Gasteiger partial charge in [-0.15, -0.1) is 0 Å². The lowest BCUT2D eigenvalue weighted by Gasteiger charge is -2.12. The predicted octanol–water partition coefficient (Wildman–Crippen LogP) is 2.68. The van der Waals surface area contributed by atoms with E-state index < -0.39 is 17.8 Å². The van der Waals surface area contributed by atoms with E-state index in [1.54, 1.807) is 6.92 Å². The molecule has 0 bridgehead atoms. The Kier molecular flexibility index (Phi) is 3.14. The molecule has 5 heteroatoms. The molecule has 1 aromatic heterocycles. The zero-order valence-electron chi connectivity index (χ0n) is 8.17. The van der Waals surface area contributed by atoms with Gasteiger partial charge >= 0.3 is 6.18 Å². The highest BCUT2D eigenvalue weighted by Gasteiger charge is 2.30. The first-order valence-electron chi connectivity index (χ1n) is 4.26. The van der Waals surface area contributed by atoms with Crippen LogP contribution in [-0.4, -0.2) is 4.98 Å². The molecule has 0 fully saturated rings. The number of pyridine rings is 1. The fourth-order valence-corrected chi connectivity index (χ4v) is 1.01. The smallest absolute Gasteiger partial charge is 0.319 e. The van der Waals surface area contributed by atoms with Crippen molar-refractivity contribution in [3.8, 4) is 0 Å². The Morgan fingerprint density at radius 2 is 2.07 bits per heavy atom. The molecule has 1 atom stereocenters. The highest BCUT2D eigenvalue weighted by Crippen LogP contribution is 2.29. The summed E-state index contributed by atoms with van der Waals surface area (Å²) in [6.45, 7) is 5.31. The molecule has 1 unspecified atom stereocenters. The Bertz CT molecular complexity index is 354. The molecule has 0 aliphatic carbocycles. The van der Waals surface area contributed by atoms with Crippen molar-refractivity contribution in [2.75, 3.05) is 0 Å². The molecule has 0 saturated heterocycles. The van der Waals surface area contributed by atoms with Gasteiger partial charge in [-0.05, 0) is 19.1 Å². The van der Waals surface area contributed by atoms with E-state index >= 15 is 0 Å². The topological polar surface area (TPSA) is 38.9 Å². The molecule has 0 aliphatic rings. The van der Waals surface area contributed by atoms with Crippen LogP contribution in [0.3, 0.4) is 0 Å². The maximum absolute atomic E-state index is 12.2. The van der Waals surface area contributed by atoms with Gasteiger partial charge in [-0.1, -0.05) is 12.2 Å². The molecule has 0 radical (unpaired) electrons. The molecule has 0 aromatic carbocycles. The second kappa shape index (κ2) is 4.02. The Balaban J connectivity index is 2.95. The molecule has 0 spiro atoms. The monoisotopic (exact) mass is 216 g/mol. The summed E-state index contributed by atoms with van der Waals surface area (Å²) in [5, 5.41) is 0. The molecule has 1 aromatic rings. The zero-order valence-corrected chi connectivity index (χ0v) is 8.17. The van der Waals surface area contributed by atoms with Gasteiger partial charge in [0.15, 0.2) is 0 Å². The molecule has 2 N–H and O–H groups in total. The van der Waals surface area contributed by atoms with Crippen LogP contribution < -0.4 is 5.73 Å². The van der Waals surface area contributed by atoms with E-state index in [0.29, 0.717) is 11.3 Å². The second-order valence-electron chi connectivity index (χ2n) is 3.29. The highest BCUT2D eigenvalue weighted by molar-refractivity contribution is 5.23. The third kappa shape index (κ3) is 2.79. The SMILES string of the molecule is C=C(C)C(N)c1ccc(C(F)(F)F)cn1. The fourth-order valence-electron chi connectivity index (χ4n) is 1.01. The van der Waals surface area contributed by atoms with Crippen LogP contribution in [0.2, 0.25) is 0 Å². The summed E-state index contributed by atoms with van der Waals surface area (Å²) in [5.41, 5.74) is 5.92. The minimum Gasteiger partial charge on any atom is -0.319 e. The summed E-state index contributed by atoms with van der Waals surface area (Å²) in [5.74, 6) is 0. The van der Waals surface area contributed by atoms with Gasteiger partial charge in [-0.3, -0.25) is 4.98 Å². The lowest BCUT2D eigenvalue weighted by Crippen LogP contribution is -2.14. The number of nitrogens with two attached hydrogens (primary N) is 1. The number of nitrogens with zero attached hydrogens (tertiary/aromatic N) is 1. The predicted molar refractivity (Wildman–Crippen MR) is 51.0 cm³/mol. The summed E-state index contributed by atoms with van der Waals surface area (Å²) < 4.78 is 36.6. The van der Waals surface area contributed by atoms with Gasteiger partial charge in [-0.25, -0.2) is 0 Å². The maximum atomic E-state index is 12.2. The molecule has 15 heavy (non-hydrogen) atoms. The minimum atomic E-state index is -4.36. The minimum absolute atomic E-state index is 0.385. The first-order chi connectivity index (χ1) is 6.82. The van der Waals surface area contributed by atoms with Gasteiger partial charge in [-0.2, -0.15) is 13.2 Å². The van der Waals surface area contributed by atoms with Crippen molar-refractivity contribution < 1.29 is 13.2 Å². The lowest BCUT2D eigenvalue weighted by molar-refractivity contribution is -0.137. The molecule has 0 saturated carbocycles. The van der Waals surface area contributed by atoms with Gasteiger partial charge in [0.05, 0.1) is 17.3 Å². The van der Waals surface area contributed by atoms with Crippen LogP contribution >= 0.6 is 0 Å². The standard InChI is InChI=1S/C10H11F3N2/c1-6(2)9(14)8-4-3-7(5-15-8)10(11,12)13/h3-5,9H,1,14H2,2H3. The number of hydrogen-bond donors (Lipinski definition) is 1. The van der Waals surface area contributed by atoms with Crippen molar-refractivity contribution >= 4 is 0 Å². The lowest BCUT2D eigenvalue weighted by atomic mass is 10.1. The van der Waals surface area contributed by atoms with Gasteiger partial charge in [0.2, 0.25) is 0 Å². The van der Waals surface area contributed by atoms with E-state index in [2.05, 4.69) is 11.6 Å². The van der Waals surface area contributed by atoms with E-state index in [1.165, 1.54) is 6.07 Å². The molecule has 0 aliphatic heterocycles. The molecule has 2 nitrogen and oxygen atoms in total. The Hall–Kier alpha value is -1.36. The molecular weight excluding hydrogens is 205 g/mol. The van der Waals surface area contributed by atoms with Gasteiger partial charge in [0.25, 0.3) is 0 Å². The average Bonchev–Trinajstić information content (AvgIpc) is 2.15. The van der Waals surface area contributed by atoms with Crippen LogP contribution in [0.5, 0.6) is 0 Å². The van der Waals surface area contributed by atoms with E-state index in [9.17, 15) is 13.2 Å². The molecule has 82 valence electrons. The number of halogens is 3. The van der Waals surface area contributed by atoms with E-state index in [1.807, 2.05) is 0 Å². The normalized spacial score (nSPS) is 13.7. The van der Waals surface area contributed by atoms with Crippen LogP contribution in [0, 0.1) is 0 Å². The second-order valence-corrected chi connectivity index (χ2v) is 3.29. The Morgan fingerprint density at radius 1 is 1.47 bits per heavy atom. The third-order valence-corrected chi connectivity index (χ3v) is 1.96. The van der Waals surface area contributed by atoms with Gasteiger partial charge in [0, 0.05) is 6.20 Å². The van der Waals surface area contributed by atoms with Crippen molar-refractivity contribution in [3.05, 3.63) is 41.7 Å². The first kappa shape index (κ1) is 11.7. The molecule has 1 rings (SSSR count). The van der Waals surface area contributed by atoms with Crippen molar-refractivity contribution in [1.82, 2.24) is 4.98 Å². The van der Waals surface area contributed by atoms with Crippen molar-refractivity contribution in [2.24, 2.45) is 5.73 Å². The van der Waals surface area contributed by atoms with Crippen molar-refractivity contribution in [1.29, 1.82) is 0 Å². The Labute approximate surface area is 85.6 Å². The average molecular weight is 216 g/mol. The van der Waals surface area contributed by atoms with Gasteiger partial charge in [0.1, 0.15) is 0 Å². The van der Waals surface area contributed by atoms with E-state index in [-0.39, 0.29) is 0 Å². The number of rotatable bonds is 2. The van der Waals surface area contributed by atoms with E-state index in [0.717, 1.165) is 12.3 Å².